The van der Waals surface area contributed by atoms with Crippen LogP contribution in [0.1, 0.15) is 16.7 Å². The maximum absolute atomic E-state index is 13.5. The molecule has 0 bridgehead atoms. The van der Waals surface area contributed by atoms with Crippen molar-refractivity contribution in [1.29, 1.82) is 0 Å². The molecular formula is C29H29N3O2S. The molecule has 1 amide bonds. The second-order valence-corrected chi connectivity index (χ2v) is 9.68. The quantitative estimate of drug-likeness (QED) is 0.423. The van der Waals surface area contributed by atoms with Gasteiger partial charge < -0.3 is 9.64 Å². The molecule has 5 nitrogen and oxygen atoms in total. The monoisotopic (exact) mass is 483 g/mol. The van der Waals surface area contributed by atoms with E-state index in [1.807, 2.05) is 59.5 Å². The number of aryl methyl sites for hydroxylation is 1. The molecule has 2 aliphatic rings. The molecule has 0 radical (unpaired) electrons. The van der Waals surface area contributed by atoms with Crippen LogP contribution in [0.2, 0.25) is 0 Å². The number of thioether (sulfide) groups is 1. The third-order valence-electron chi connectivity index (χ3n) is 6.25. The average molecular weight is 484 g/mol. The number of hydrogen-bond donors (Lipinski definition) is 0. The van der Waals surface area contributed by atoms with Crippen molar-refractivity contribution in [2.75, 3.05) is 37.7 Å². The zero-order valence-corrected chi connectivity index (χ0v) is 20.7. The van der Waals surface area contributed by atoms with Crippen LogP contribution in [-0.4, -0.2) is 48.8 Å². The van der Waals surface area contributed by atoms with Crippen LogP contribution in [-0.2, 0) is 16.0 Å². The first-order valence-electron chi connectivity index (χ1n) is 12.0. The zero-order chi connectivity index (χ0) is 24.0. The normalized spacial score (nSPS) is 18.6. The lowest BCUT2D eigenvalue weighted by Gasteiger charge is -2.29. The standard InChI is InChI=1S/C29H29N3O2S/c1-22-20-26(31-16-18-34-19-17-31)13-12-24(22)21-27-28(33)32(15-14-23-8-4-2-5-9-23)29(35-27)30-25-10-6-3-7-11-25/h2-13,20-21H,14-19H2,1H3/b27-21-,30-29?. The number of hydrogen-bond acceptors (Lipinski definition) is 5. The Morgan fingerprint density at radius 1 is 0.971 bits per heavy atom. The van der Waals surface area contributed by atoms with Gasteiger partial charge in [-0.1, -0.05) is 54.6 Å². The number of morpholine rings is 1. The summed E-state index contributed by atoms with van der Waals surface area (Å²) in [5, 5.41) is 0.728. The fraction of sp³-hybridized carbons (Fsp3) is 0.241. The number of amidine groups is 1. The van der Waals surface area contributed by atoms with Crippen molar-refractivity contribution in [3.8, 4) is 0 Å². The predicted octanol–water partition coefficient (Wildman–Crippen LogP) is 5.68. The summed E-state index contributed by atoms with van der Waals surface area (Å²) in [6, 6.07) is 26.5. The fourth-order valence-electron chi connectivity index (χ4n) is 4.27. The summed E-state index contributed by atoms with van der Waals surface area (Å²) in [5.74, 6) is 0.0114. The number of aliphatic imine (C=N–C) groups is 1. The molecule has 0 saturated carbocycles. The number of benzene rings is 3. The maximum atomic E-state index is 13.5. The number of ether oxygens (including phenoxy) is 1. The van der Waals surface area contributed by atoms with E-state index in [2.05, 4.69) is 42.2 Å². The summed E-state index contributed by atoms with van der Waals surface area (Å²) < 4.78 is 5.48. The molecule has 0 aromatic heterocycles. The SMILES string of the molecule is Cc1cc(N2CCOCC2)ccc1/C=C1\SC(=Nc2ccccc2)N(CCc2ccccc2)C1=O. The van der Waals surface area contributed by atoms with Gasteiger partial charge in [0.1, 0.15) is 0 Å². The molecule has 0 atom stereocenters. The predicted molar refractivity (Wildman–Crippen MR) is 145 cm³/mol. The molecular weight excluding hydrogens is 454 g/mol. The first-order chi connectivity index (χ1) is 17.2. The summed E-state index contributed by atoms with van der Waals surface area (Å²) in [4.78, 5) is 23.2. The Morgan fingerprint density at radius 3 is 2.40 bits per heavy atom. The van der Waals surface area contributed by atoms with Gasteiger partial charge in [0.15, 0.2) is 5.17 Å². The van der Waals surface area contributed by atoms with Crippen LogP contribution in [0.4, 0.5) is 11.4 Å². The van der Waals surface area contributed by atoms with Crippen molar-refractivity contribution in [2.24, 2.45) is 4.99 Å². The van der Waals surface area contributed by atoms with Crippen LogP contribution in [0.5, 0.6) is 0 Å². The molecule has 2 heterocycles. The largest absolute Gasteiger partial charge is 0.378 e. The van der Waals surface area contributed by atoms with E-state index in [-0.39, 0.29) is 5.91 Å². The molecule has 2 saturated heterocycles. The van der Waals surface area contributed by atoms with Crippen molar-refractivity contribution in [1.82, 2.24) is 4.90 Å². The van der Waals surface area contributed by atoms with Crippen LogP contribution in [0.3, 0.4) is 0 Å². The van der Waals surface area contributed by atoms with Crippen molar-refractivity contribution < 1.29 is 9.53 Å². The number of carbonyl (C=O) groups excluding carboxylic acids is 1. The smallest absolute Gasteiger partial charge is 0.266 e. The number of carbonyl (C=O) groups is 1. The van der Waals surface area contributed by atoms with Crippen molar-refractivity contribution >= 4 is 40.3 Å². The second-order valence-electron chi connectivity index (χ2n) is 8.67. The molecule has 3 aromatic rings. The Kier molecular flexibility index (Phi) is 7.31. The minimum absolute atomic E-state index is 0.0114. The second kappa shape index (κ2) is 10.9. The summed E-state index contributed by atoms with van der Waals surface area (Å²) in [7, 11) is 0. The third-order valence-corrected chi connectivity index (χ3v) is 7.26. The van der Waals surface area contributed by atoms with Gasteiger partial charge in [-0.15, -0.1) is 0 Å². The molecule has 2 aliphatic heterocycles. The van der Waals surface area contributed by atoms with Crippen LogP contribution < -0.4 is 4.90 Å². The minimum Gasteiger partial charge on any atom is -0.378 e. The zero-order valence-electron chi connectivity index (χ0n) is 19.9. The van der Waals surface area contributed by atoms with Gasteiger partial charge >= 0.3 is 0 Å². The molecule has 2 fully saturated rings. The minimum atomic E-state index is 0.0114. The highest BCUT2D eigenvalue weighted by Gasteiger charge is 2.33. The van der Waals surface area contributed by atoms with Gasteiger partial charge in [-0.25, -0.2) is 4.99 Å². The highest BCUT2D eigenvalue weighted by molar-refractivity contribution is 8.18. The molecule has 0 aliphatic carbocycles. The summed E-state index contributed by atoms with van der Waals surface area (Å²) >= 11 is 1.45. The van der Waals surface area contributed by atoms with Crippen molar-refractivity contribution in [2.45, 2.75) is 13.3 Å². The number of para-hydroxylation sites is 1. The van der Waals surface area contributed by atoms with Crippen molar-refractivity contribution in [3.05, 3.63) is 100 Å². The molecule has 0 spiro atoms. The van der Waals surface area contributed by atoms with Crippen LogP contribution in [0, 0.1) is 6.92 Å². The van der Waals surface area contributed by atoms with Gasteiger partial charge in [0.05, 0.1) is 23.8 Å². The number of amides is 1. The van der Waals surface area contributed by atoms with E-state index in [4.69, 9.17) is 9.73 Å². The molecule has 35 heavy (non-hydrogen) atoms. The maximum Gasteiger partial charge on any atom is 0.266 e. The highest BCUT2D eigenvalue weighted by Crippen LogP contribution is 2.35. The Bertz CT molecular complexity index is 1240. The molecule has 178 valence electrons. The van der Waals surface area contributed by atoms with Gasteiger partial charge in [0.25, 0.3) is 5.91 Å². The first-order valence-corrected chi connectivity index (χ1v) is 12.8. The Morgan fingerprint density at radius 2 is 1.69 bits per heavy atom. The molecule has 6 heteroatoms. The van der Waals surface area contributed by atoms with Gasteiger partial charge in [-0.3, -0.25) is 9.69 Å². The van der Waals surface area contributed by atoms with Crippen LogP contribution >= 0.6 is 11.8 Å². The summed E-state index contributed by atoms with van der Waals surface area (Å²) in [5.41, 5.74) is 5.46. The Balaban J connectivity index is 1.40. The number of rotatable bonds is 6. The average Bonchev–Trinajstić information content (AvgIpc) is 3.19. The third kappa shape index (κ3) is 5.66. The molecule has 0 N–H and O–H groups in total. The van der Waals surface area contributed by atoms with E-state index in [1.54, 1.807) is 0 Å². The van der Waals surface area contributed by atoms with Gasteiger partial charge in [-0.05, 0) is 72.1 Å². The highest BCUT2D eigenvalue weighted by atomic mass is 32.2. The topological polar surface area (TPSA) is 45.1 Å². The lowest BCUT2D eigenvalue weighted by atomic mass is 10.1. The van der Waals surface area contributed by atoms with E-state index >= 15 is 0 Å². The Labute approximate surface area is 211 Å². The van der Waals surface area contributed by atoms with Crippen molar-refractivity contribution in [3.63, 3.8) is 0 Å². The number of nitrogens with zero attached hydrogens (tertiary/aromatic N) is 3. The van der Waals surface area contributed by atoms with E-state index in [9.17, 15) is 4.79 Å². The molecule has 3 aromatic carbocycles. The lowest BCUT2D eigenvalue weighted by molar-refractivity contribution is -0.122. The molecule has 0 unspecified atom stereocenters. The van der Waals surface area contributed by atoms with E-state index in [0.29, 0.717) is 11.4 Å². The fourth-order valence-corrected chi connectivity index (χ4v) is 5.28. The lowest BCUT2D eigenvalue weighted by Crippen LogP contribution is -2.36. The van der Waals surface area contributed by atoms with Gasteiger partial charge in [0, 0.05) is 25.3 Å². The van der Waals surface area contributed by atoms with Crippen LogP contribution in [0.25, 0.3) is 6.08 Å². The molecule has 5 rings (SSSR count). The van der Waals surface area contributed by atoms with E-state index in [1.165, 1.54) is 23.0 Å². The first kappa shape index (κ1) is 23.4. The van der Waals surface area contributed by atoms with E-state index < -0.39 is 0 Å². The number of anilines is 1. The van der Waals surface area contributed by atoms with Gasteiger partial charge in [-0.2, -0.15) is 0 Å². The van der Waals surface area contributed by atoms with Crippen LogP contribution in [0.15, 0.2) is 88.8 Å². The van der Waals surface area contributed by atoms with Gasteiger partial charge in [0.2, 0.25) is 0 Å². The summed E-state index contributed by atoms with van der Waals surface area (Å²) in [6.45, 7) is 6.03. The summed E-state index contributed by atoms with van der Waals surface area (Å²) in [6.07, 6.45) is 2.79. The Hall–Kier alpha value is -3.35. The van der Waals surface area contributed by atoms with E-state index in [0.717, 1.165) is 54.7 Å².